The highest BCUT2D eigenvalue weighted by Crippen LogP contribution is 2.35. The van der Waals surface area contributed by atoms with E-state index in [4.69, 9.17) is 10.5 Å². The van der Waals surface area contributed by atoms with Crippen LogP contribution in [0.1, 0.15) is 47.9 Å². The van der Waals surface area contributed by atoms with E-state index in [1.54, 1.807) is 4.68 Å². The van der Waals surface area contributed by atoms with E-state index >= 15 is 0 Å². The van der Waals surface area contributed by atoms with Crippen LogP contribution in [0.5, 0.6) is 0 Å². The number of ether oxygens (including phenoxy) is 1. The average Bonchev–Trinajstić information content (AvgIpc) is 3.62. The minimum atomic E-state index is 0.285. The number of nitrogen functional groups attached to an aromatic ring is 1. The van der Waals surface area contributed by atoms with Gasteiger partial charge >= 0.3 is 0 Å². The van der Waals surface area contributed by atoms with Gasteiger partial charge in [-0.3, -0.25) is 4.90 Å². The summed E-state index contributed by atoms with van der Waals surface area (Å²) in [6, 6.07) is 18.4. The Balaban J connectivity index is 1.00. The number of likely N-dealkylation sites (tertiary alicyclic amines) is 1. The molecule has 0 spiro atoms. The third-order valence-electron chi connectivity index (χ3n) is 9.24. The molecule has 3 atom stereocenters. The van der Waals surface area contributed by atoms with Gasteiger partial charge in [0.2, 0.25) is 11.9 Å². The molecule has 0 radical (unpaired) electrons. The molecule has 8 rings (SSSR count). The number of morpholine rings is 1. The quantitative estimate of drug-likeness (QED) is 0.374. The molecule has 2 aromatic heterocycles. The molecule has 2 bridgehead atoms. The fraction of sp³-hybridized carbons (Fsp3) is 0.419. The van der Waals surface area contributed by atoms with Gasteiger partial charge in [-0.25, -0.2) is 0 Å². The number of hydrogen-bond donors (Lipinski definition) is 2. The van der Waals surface area contributed by atoms with Crippen molar-refractivity contribution in [2.75, 3.05) is 24.2 Å². The molecule has 2 saturated heterocycles. The Morgan fingerprint density at radius 2 is 1.75 bits per heavy atom. The van der Waals surface area contributed by atoms with Gasteiger partial charge in [-0.2, -0.15) is 9.67 Å². The maximum atomic E-state index is 6.31. The van der Waals surface area contributed by atoms with Crippen molar-refractivity contribution in [1.82, 2.24) is 29.9 Å². The summed E-state index contributed by atoms with van der Waals surface area (Å²) in [5, 5.41) is 17.1. The van der Waals surface area contributed by atoms with Gasteiger partial charge in [0.05, 0.1) is 18.4 Å². The molecule has 3 N–H and O–H groups in total. The second kappa shape index (κ2) is 9.67. The molecule has 0 saturated carbocycles. The molecule has 204 valence electrons. The minimum Gasteiger partial charge on any atom is -0.375 e. The normalized spacial score (nSPS) is 23.6. The minimum absolute atomic E-state index is 0.285. The number of benzene rings is 2. The summed E-state index contributed by atoms with van der Waals surface area (Å²) in [4.78, 5) is 7.22. The predicted molar refractivity (Wildman–Crippen MR) is 154 cm³/mol. The van der Waals surface area contributed by atoms with Crippen LogP contribution in [-0.2, 0) is 30.4 Å². The molecule has 40 heavy (non-hydrogen) atoms. The first-order chi connectivity index (χ1) is 19.7. The van der Waals surface area contributed by atoms with Crippen molar-refractivity contribution in [3.05, 3.63) is 70.8 Å². The van der Waals surface area contributed by atoms with Crippen LogP contribution in [0.2, 0.25) is 0 Å². The van der Waals surface area contributed by atoms with E-state index in [1.165, 1.54) is 41.5 Å². The molecular formula is C31H34N8O. The van der Waals surface area contributed by atoms with Gasteiger partial charge in [0.1, 0.15) is 0 Å². The topological polar surface area (TPSA) is 107 Å². The summed E-state index contributed by atoms with van der Waals surface area (Å²) in [5.41, 5.74) is 14.8. The monoisotopic (exact) mass is 534 g/mol. The summed E-state index contributed by atoms with van der Waals surface area (Å²) < 4.78 is 7.42. The highest BCUT2D eigenvalue weighted by atomic mass is 16.5. The zero-order chi connectivity index (χ0) is 26.6. The zero-order valence-electron chi connectivity index (χ0n) is 22.6. The van der Waals surface area contributed by atoms with Gasteiger partial charge in [0.25, 0.3) is 0 Å². The maximum Gasteiger partial charge on any atom is 0.248 e. The van der Waals surface area contributed by atoms with Crippen LogP contribution in [0, 0.1) is 0 Å². The number of hydrogen-bond acceptors (Lipinski definition) is 8. The molecule has 4 aliphatic rings. The van der Waals surface area contributed by atoms with Gasteiger partial charge in [-0.05, 0) is 91.8 Å². The van der Waals surface area contributed by atoms with E-state index in [1.807, 2.05) is 0 Å². The van der Waals surface area contributed by atoms with Crippen molar-refractivity contribution < 1.29 is 4.74 Å². The van der Waals surface area contributed by atoms with Gasteiger partial charge in [-0.15, -0.1) is 15.3 Å². The zero-order valence-corrected chi connectivity index (χ0v) is 22.6. The van der Waals surface area contributed by atoms with Crippen molar-refractivity contribution in [3.8, 4) is 17.1 Å². The van der Waals surface area contributed by atoms with E-state index in [-0.39, 0.29) is 5.95 Å². The van der Waals surface area contributed by atoms with Gasteiger partial charge in [0, 0.05) is 29.9 Å². The molecule has 4 aromatic rings. The third kappa shape index (κ3) is 4.24. The van der Waals surface area contributed by atoms with Gasteiger partial charge < -0.3 is 15.8 Å². The lowest BCUT2D eigenvalue weighted by atomic mass is 10.0. The van der Waals surface area contributed by atoms with Crippen molar-refractivity contribution in [3.63, 3.8) is 0 Å². The Labute approximate surface area is 233 Å². The largest absolute Gasteiger partial charge is 0.375 e. The number of nitrogens with two attached hydrogens (primary N) is 1. The van der Waals surface area contributed by atoms with Crippen LogP contribution < -0.4 is 11.1 Å². The van der Waals surface area contributed by atoms with Crippen LogP contribution in [0.25, 0.3) is 17.1 Å². The van der Waals surface area contributed by atoms with E-state index in [0.717, 1.165) is 62.2 Å². The van der Waals surface area contributed by atoms with Gasteiger partial charge in [0.15, 0.2) is 5.82 Å². The molecule has 2 aliphatic carbocycles. The molecule has 1 unspecified atom stereocenters. The number of fused-ring (bicyclic) bond motifs is 6. The first kappa shape index (κ1) is 24.0. The van der Waals surface area contributed by atoms with E-state index in [2.05, 4.69) is 79.0 Å². The maximum absolute atomic E-state index is 6.31. The first-order valence-corrected chi connectivity index (χ1v) is 14.6. The van der Waals surface area contributed by atoms with Crippen LogP contribution in [-0.4, -0.2) is 61.2 Å². The highest BCUT2D eigenvalue weighted by Gasteiger charge is 2.42. The first-order valence-electron chi connectivity index (χ1n) is 14.6. The highest BCUT2D eigenvalue weighted by molar-refractivity contribution is 5.68. The Morgan fingerprint density at radius 1 is 0.875 bits per heavy atom. The Kier molecular flexibility index (Phi) is 5.81. The summed E-state index contributed by atoms with van der Waals surface area (Å²) in [7, 11) is 0. The smallest absolute Gasteiger partial charge is 0.248 e. The standard InChI is InChI=1S/C31H34N8O/c32-30-34-31(37-39(30)28-15-22-6-3-5-20-4-1-2-7-27(20)29(22)36-35-28)33-23-11-8-19-9-12-24(13-10-21(19)14-23)38-17-26-16-25(38)18-40-26/h1-2,4,7-8,11,14-15,24-26H,3,5-6,9-10,12-13,16-18H2,(H3,32,33,34,37)/t24?,25-,26-/m1/s1. The fourth-order valence-electron chi connectivity index (χ4n) is 7.23. The second-order valence-corrected chi connectivity index (χ2v) is 11.7. The molecule has 2 aliphatic heterocycles. The van der Waals surface area contributed by atoms with Crippen LogP contribution in [0.4, 0.5) is 17.6 Å². The number of nitrogens with zero attached hydrogens (tertiary/aromatic N) is 6. The van der Waals surface area contributed by atoms with Crippen molar-refractivity contribution in [2.24, 2.45) is 0 Å². The summed E-state index contributed by atoms with van der Waals surface area (Å²) in [5.74, 6) is 1.33. The van der Waals surface area contributed by atoms with Crippen molar-refractivity contribution in [1.29, 1.82) is 0 Å². The van der Waals surface area contributed by atoms with Crippen LogP contribution >= 0.6 is 0 Å². The van der Waals surface area contributed by atoms with E-state index in [9.17, 15) is 0 Å². The summed E-state index contributed by atoms with van der Waals surface area (Å²) in [6.45, 7) is 2.02. The van der Waals surface area contributed by atoms with Gasteiger partial charge in [-0.1, -0.05) is 30.3 Å². The second-order valence-electron chi connectivity index (χ2n) is 11.7. The molecule has 4 heterocycles. The van der Waals surface area contributed by atoms with Crippen molar-refractivity contribution in [2.45, 2.75) is 69.6 Å². The van der Waals surface area contributed by atoms with Crippen LogP contribution in [0.3, 0.4) is 0 Å². The molecule has 2 aromatic carbocycles. The summed E-state index contributed by atoms with van der Waals surface area (Å²) >= 11 is 0. The average molecular weight is 535 g/mol. The number of anilines is 3. The van der Waals surface area contributed by atoms with Crippen LogP contribution in [0.15, 0.2) is 48.5 Å². The Hall–Kier alpha value is -3.82. The number of aryl methyl sites for hydroxylation is 4. The SMILES string of the molecule is Nc1nc(Nc2ccc3c(c2)CCC(N2C[C@H]4C[C@@H]2CO4)CC3)nn1-c1cc2c(nn1)-c1ccccc1CCC2. The molecule has 9 nitrogen and oxygen atoms in total. The summed E-state index contributed by atoms with van der Waals surface area (Å²) in [6.07, 6.45) is 9.34. The number of nitrogens with one attached hydrogen (secondary N) is 1. The lowest BCUT2D eigenvalue weighted by Crippen LogP contribution is -2.44. The van der Waals surface area contributed by atoms with E-state index < -0.39 is 0 Å². The Morgan fingerprint density at radius 3 is 2.62 bits per heavy atom. The third-order valence-corrected chi connectivity index (χ3v) is 9.24. The lowest BCUT2D eigenvalue weighted by Gasteiger charge is -2.34. The molecule has 0 amide bonds. The predicted octanol–water partition coefficient (Wildman–Crippen LogP) is 4.26. The molecule has 9 heteroatoms. The van der Waals surface area contributed by atoms with Crippen molar-refractivity contribution >= 4 is 17.6 Å². The fourth-order valence-corrected chi connectivity index (χ4v) is 7.23. The molecular weight excluding hydrogens is 500 g/mol. The molecule has 2 fully saturated rings. The Bertz CT molecular complexity index is 1580. The van der Waals surface area contributed by atoms with E-state index in [0.29, 0.717) is 30.0 Å². The number of aromatic nitrogens is 5. The lowest BCUT2D eigenvalue weighted by molar-refractivity contribution is 0.00854. The number of rotatable bonds is 4.